The topological polar surface area (TPSA) is 59.4 Å². The number of carbonyl (C=O) groups is 1. The van der Waals surface area contributed by atoms with E-state index < -0.39 is 0 Å². The van der Waals surface area contributed by atoms with Gasteiger partial charge in [-0.05, 0) is 43.5 Å². The lowest BCUT2D eigenvalue weighted by atomic mass is 10.0. The van der Waals surface area contributed by atoms with Crippen LogP contribution in [0.15, 0.2) is 30.3 Å². The van der Waals surface area contributed by atoms with Crippen LogP contribution in [0.2, 0.25) is 0 Å². The number of nitrogens with zero attached hydrogens (tertiary/aromatic N) is 3. The second-order valence-corrected chi connectivity index (χ2v) is 7.95. The monoisotopic (exact) mass is 384 g/mol. The van der Waals surface area contributed by atoms with Gasteiger partial charge in [-0.15, -0.1) is 0 Å². The molecule has 1 N–H and O–H groups in total. The van der Waals surface area contributed by atoms with Crippen molar-refractivity contribution < 1.29 is 9.53 Å². The number of hydrogen-bond acceptors (Lipinski definition) is 4. The minimum absolute atomic E-state index is 0.0193. The van der Waals surface area contributed by atoms with Gasteiger partial charge in [0.2, 0.25) is 0 Å². The van der Waals surface area contributed by atoms with Crippen LogP contribution in [0.3, 0.4) is 0 Å². The summed E-state index contributed by atoms with van der Waals surface area (Å²) in [5.41, 5.74) is 3.91. The number of hydrogen-bond donors (Lipinski definition) is 1. The maximum absolute atomic E-state index is 12.8. The molecule has 3 rings (SSSR count). The highest BCUT2D eigenvalue weighted by Crippen LogP contribution is 2.13. The number of nitrogens with one attached hydrogen (secondary N) is 1. The molecule has 1 amide bonds. The van der Waals surface area contributed by atoms with Crippen LogP contribution in [-0.4, -0.2) is 59.5 Å². The van der Waals surface area contributed by atoms with E-state index in [9.17, 15) is 4.79 Å². The van der Waals surface area contributed by atoms with Gasteiger partial charge < -0.3 is 10.1 Å². The molecule has 1 aromatic carbocycles. The minimum Gasteiger partial charge on any atom is -0.379 e. The predicted molar refractivity (Wildman–Crippen MR) is 111 cm³/mol. The molecule has 1 saturated heterocycles. The van der Waals surface area contributed by atoms with Crippen LogP contribution in [0.4, 0.5) is 0 Å². The second-order valence-electron chi connectivity index (χ2n) is 7.95. The first-order chi connectivity index (χ1) is 13.4. The van der Waals surface area contributed by atoms with Crippen molar-refractivity contribution in [3.63, 3.8) is 0 Å². The Hall–Kier alpha value is -2.18. The van der Waals surface area contributed by atoms with Crippen molar-refractivity contribution >= 4 is 5.91 Å². The fourth-order valence-electron chi connectivity index (χ4n) is 3.81. The lowest BCUT2D eigenvalue weighted by molar-refractivity contribution is 0.00672. The highest BCUT2D eigenvalue weighted by molar-refractivity contribution is 5.94. The Morgan fingerprint density at radius 2 is 1.96 bits per heavy atom. The van der Waals surface area contributed by atoms with Crippen LogP contribution in [0.25, 0.3) is 0 Å². The van der Waals surface area contributed by atoms with Gasteiger partial charge in [0.1, 0.15) is 0 Å². The molecule has 1 aliphatic heterocycles. The Kier molecular flexibility index (Phi) is 6.86. The average Bonchev–Trinajstić information content (AvgIpc) is 2.99. The van der Waals surface area contributed by atoms with Crippen molar-refractivity contribution in [2.75, 3.05) is 32.8 Å². The van der Waals surface area contributed by atoms with Crippen molar-refractivity contribution in [2.45, 2.75) is 40.3 Å². The van der Waals surface area contributed by atoms with E-state index in [0.717, 1.165) is 43.3 Å². The molecule has 0 spiro atoms. The summed E-state index contributed by atoms with van der Waals surface area (Å²) in [7, 11) is 0. The van der Waals surface area contributed by atoms with Gasteiger partial charge in [-0.1, -0.05) is 26.0 Å². The molecule has 2 heterocycles. The number of carbonyl (C=O) groups excluding carboxylic acids is 1. The number of morpholine rings is 1. The summed E-state index contributed by atoms with van der Waals surface area (Å²) in [5.74, 6) is 0.449. The normalized spacial score (nSPS) is 16.3. The third-order valence-corrected chi connectivity index (χ3v) is 5.38. The molecule has 1 atom stereocenters. The molecule has 1 unspecified atom stereocenters. The van der Waals surface area contributed by atoms with Gasteiger partial charge in [-0.3, -0.25) is 14.4 Å². The van der Waals surface area contributed by atoms with Crippen LogP contribution in [0.1, 0.15) is 41.2 Å². The molecule has 1 aliphatic rings. The van der Waals surface area contributed by atoms with Crippen LogP contribution >= 0.6 is 0 Å². The lowest BCUT2D eigenvalue weighted by Gasteiger charge is -2.36. The summed E-state index contributed by atoms with van der Waals surface area (Å²) in [6.45, 7) is 13.2. The molecule has 0 radical (unpaired) electrons. The van der Waals surface area contributed by atoms with E-state index in [1.807, 2.05) is 42.8 Å². The quantitative estimate of drug-likeness (QED) is 0.797. The van der Waals surface area contributed by atoms with Crippen molar-refractivity contribution in [1.29, 1.82) is 0 Å². The number of aromatic nitrogens is 2. The maximum atomic E-state index is 12.8. The maximum Gasteiger partial charge on any atom is 0.251 e. The number of amides is 1. The molecule has 1 fully saturated rings. The second kappa shape index (κ2) is 9.34. The van der Waals surface area contributed by atoms with Crippen LogP contribution in [-0.2, 0) is 11.3 Å². The van der Waals surface area contributed by atoms with Gasteiger partial charge in [-0.25, -0.2) is 0 Å². The molecule has 152 valence electrons. The van der Waals surface area contributed by atoms with Gasteiger partial charge >= 0.3 is 0 Å². The molecular weight excluding hydrogens is 352 g/mol. The first kappa shape index (κ1) is 20.6. The van der Waals surface area contributed by atoms with Crippen LogP contribution < -0.4 is 5.32 Å². The first-order valence-corrected chi connectivity index (χ1v) is 10.1. The molecule has 28 heavy (non-hydrogen) atoms. The zero-order valence-corrected chi connectivity index (χ0v) is 17.4. The minimum atomic E-state index is -0.0193. The van der Waals surface area contributed by atoms with E-state index in [0.29, 0.717) is 30.6 Å². The van der Waals surface area contributed by atoms with Gasteiger partial charge in [0.25, 0.3) is 5.91 Å². The predicted octanol–water partition coefficient (Wildman–Crippen LogP) is 2.63. The van der Waals surface area contributed by atoms with Gasteiger partial charge in [0.15, 0.2) is 0 Å². The molecule has 6 nitrogen and oxygen atoms in total. The number of rotatable bonds is 7. The van der Waals surface area contributed by atoms with E-state index in [1.165, 1.54) is 0 Å². The number of aryl methyl sites for hydroxylation is 2. The molecule has 1 aromatic heterocycles. The Morgan fingerprint density at radius 3 is 2.61 bits per heavy atom. The summed E-state index contributed by atoms with van der Waals surface area (Å²) in [4.78, 5) is 15.2. The Bertz CT molecular complexity index is 794. The first-order valence-electron chi connectivity index (χ1n) is 10.1. The third kappa shape index (κ3) is 5.20. The van der Waals surface area contributed by atoms with Gasteiger partial charge in [-0.2, -0.15) is 5.10 Å². The van der Waals surface area contributed by atoms with Crippen molar-refractivity contribution in [3.05, 3.63) is 52.8 Å². The van der Waals surface area contributed by atoms with Gasteiger partial charge in [0, 0.05) is 36.9 Å². The highest BCUT2D eigenvalue weighted by Gasteiger charge is 2.24. The third-order valence-electron chi connectivity index (χ3n) is 5.38. The molecule has 0 saturated carbocycles. The summed E-state index contributed by atoms with van der Waals surface area (Å²) in [6.07, 6.45) is 0. The molecule has 2 aromatic rings. The van der Waals surface area contributed by atoms with Crippen molar-refractivity contribution in [1.82, 2.24) is 20.0 Å². The summed E-state index contributed by atoms with van der Waals surface area (Å²) < 4.78 is 7.43. The Balaban J connectivity index is 1.62. The summed E-state index contributed by atoms with van der Waals surface area (Å²) in [6, 6.07) is 10.2. The smallest absolute Gasteiger partial charge is 0.251 e. The van der Waals surface area contributed by atoms with E-state index >= 15 is 0 Å². The Morgan fingerprint density at radius 1 is 1.21 bits per heavy atom. The molecular formula is C22H32N4O2. The molecule has 0 aliphatic carbocycles. The summed E-state index contributed by atoms with van der Waals surface area (Å²) in [5, 5.41) is 7.65. The van der Waals surface area contributed by atoms with E-state index in [2.05, 4.69) is 35.2 Å². The Labute approximate surface area is 167 Å². The molecule has 0 bridgehead atoms. The standard InChI is InChI=1S/C22H32N4O2/c1-16(2)21(25-8-10-28-11-9-25)14-23-22(27)20-7-5-6-19(13-20)15-26-18(4)12-17(3)24-26/h5-7,12-13,16,21H,8-11,14-15H2,1-4H3,(H,23,27). The summed E-state index contributed by atoms with van der Waals surface area (Å²) >= 11 is 0. The number of benzene rings is 1. The molecule has 6 heteroatoms. The van der Waals surface area contributed by atoms with E-state index in [-0.39, 0.29) is 5.91 Å². The fraction of sp³-hybridized carbons (Fsp3) is 0.545. The zero-order valence-electron chi connectivity index (χ0n) is 17.4. The van der Waals surface area contributed by atoms with Crippen LogP contribution in [0, 0.1) is 19.8 Å². The van der Waals surface area contributed by atoms with E-state index in [1.54, 1.807) is 0 Å². The lowest BCUT2D eigenvalue weighted by Crippen LogP contribution is -2.51. The largest absolute Gasteiger partial charge is 0.379 e. The van der Waals surface area contributed by atoms with E-state index in [4.69, 9.17) is 4.74 Å². The van der Waals surface area contributed by atoms with Gasteiger partial charge in [0.05, 0.1) is 25.5 Å². The zero-order chi connectivity index (χ0) is 20.1. The average molecular weight is 385 g/mol. The van der Waals surface area contributed by atoms with Crippen LogP contribution in [0.5, 0.6) is 0 Å². The SMILES string of the molecule is Cc1cc(C)n(Cc2cccc(C(=O)NCC(C(C)C)N3CCOCC3)c2)n1. The fourth-order valence-corrected chi connectivity index (χ4v) is 3.81. The highest BCUT2D eigenvalue weighted by atomic mass is 16.5. The van der Waals surface area contributed by atoms with Crippen molar-refractivity contribution in [3.8, 4) is 0 Å². The van der Waals surface area contributed by atoms with Crippen molar-refractivity contribution in [2.24, 2.45) is 5.92 Å². The number of ether oxygens (including phenoxy) is 1.